The average Bonchev–Trinajstić information content (AvgIpc) is 2.72. The number of hydrogen-bond donors (Lipinski definition) is 0. The van der Waals surface area contributed by atoms with Gasteiger partial charge in [-0.15, -0.1) is 0 Å². The summed E-state index contributed by atoms with van der Waals surface area (Å²) in [4.78, 5) is 12.9. The number of carbonyl (C=O) groups is 1. The molecule has 0 aromatic heterocycles. The van der Waals surface area contributed by atoms with Crippen molar-refractivity contribution in [3.63, 3.8) is 0 Å². The number of fused-ring (bicyclic) bond motifs is 3. The molecule has 0 bridgehead atoms. The van der Waals surface area contributed by atoms with Crippen LogP contribution in [0.1, 0.15) is 36.3 Å². The molecular formula is C22H22F3NO3. The van der Waals surface area contributed by atoms with E-state index >= 15 is 0 Å². The van der Waals surface area contributed by atoms with Gasteiger partial charge >= 0.3 is 12.1 Å². The molecule has 4 rings (SSSR count). The number of rotatable bonds is 3. The fraction of sp³-hybridized carbons (Fsp3) is 0.409. The molecule has 2 aliphatic rings. The van der Waals surface area contributed by atoms with Crippen molar-refractivity contribution in [1.29, 1.82) is 0 Å². The van der Waals surface area contributed by atoms with Crippen LogP contribution in [0.5, 0.6) is 17.2 Å². The Morgan fingerprint density at radius 2 is 1.72 bits per heavy atom. The maximum absolute atomic E-state index is 13.0. The number of carbonyl (C=O) groups excluding carboxylic acids is 1. The van der Waals surface area contributed by atoms with Crippen LogP contribution in [0.3, 0.4) is 0 Å². The van der Waals surface area contributed by atoms with Crippen molar-refractivity contribution in [2.75, 3.05) is 13.7 Å². The topological polar surface area (TPSA) is 38.8 Å². The minimum absolute atomic E-state index is 0.0613. The van der Waals surface area contributed by atoms with E-state index in [0.29, 0.717) is 30.8 Å². The first-order valence-corrected chi connectivity index (χ1v) is 9.69. The van der Waals surface area contributed by atoms with Crippen molar-refractivity contribution >= 4 is 5.91 Å². The quantitative estimate of drug-likeness (QED) is 0.716. The number of benzene rings is 2. The van der Waals surface area contributed by atoms with Gasteiger partial charge in [0.15, 0.2) is 0 Å². The maximum atomic E-state index is 13.0. The molecule has 1 amide bonds. The maximum Gasteiger partial charge on any atom is 0.471 e. The molecule has 1 heterocycles. The lowest BCUT2D eigenvalue weighted by molar-refractivity contribution is -0.189. The van der Waals surface area contributed by atoms with Crippen molar-refractivity contribution in [3.05, 3.63) is 53.6 Å². The van der Waals surface area contributed by atoms with Crippen LogP contribution in [0.4, 0.5) is 13.2 Å². The predicted molar refractivity (Wildman–Crippen MR) is 101 cm³/mol. The third-order valence-corrected chi connectivity index (χ3v) is 5.80. The lowest BCUT2D eigenvalue weighted by atomic mass is 9.74. The second-order valence-electron chi connectivity index (χ2n) is 7.49. The van der Waals surface area contributed by atoms with Gasteiger partial charge in [0.25, 0.3) is 0 Å². The van der Waals surface area contributed by atoms with Crippen molar-refractivity contribution in [2.24, 2.45) is 0 Å². The number of aryl methyl sites for hydroxylation is 1. The van der Waals surface area contributed by atoms with Gasteiger partial charge in [-0.2, -0.15) is 13.2 Å². The van der Waals surface area contributed by atoms with Gasteiger partial charge in [-0.05, 0) is 73.2 Å². The Morgan fingerprint density at radius 3 is 2.41 bits per heavy atom. The Balaban J connectivity index is 1.54. The number of piperidine rings is 1. The first-order valence-electron chi connectivity index (χ1n) is 9.69. The van der Waals surface area contributed by atoms with E-state index in [1.54, 1.807) is 7.11 Å². The monoisotopic (exact) mass is 405 g/mol. The summed E-state index contributed by atoms with van der Waals surface area (Å²) in [6.45, 7) is 0.174. The summed E-state index contributed by atoms with van der Waals surface area (Å²) in [7, 11) is 1.60. The normalized spacial score (nSPS) is 21.2. The van der Waals surface area contributed by atoms with E-state index < -0.39 is 18.1 Å². The molecule has 1 aliphatic carbocycles. The van der Waals surface area contributed by atoms with E-state index in [1.165, 1.54) is 0 Å². The Kier molecular flexibility index (Phi) is 5.15. The molecule has 0 N–H and O–H groups in total. The van der Waals surface area contributed by atoms with Crippen molar-refractivity contribution < 1.29 is 27.4 Å². The van der Waals surface area contributed by atoms with Gasteiger partial charge in [0.05, 0.1) is 7.11 Å². The molecule has 1 fully saturated rings. The standard InChI is InChI=1S/C22H22F3NO3/c1-28-15-5-7-16(8-6-15)29-17-9-10-18-14(13-17)4-11-20-19(18)3-2-12-26(20)21(27)22(23,24)25/h5-10,13,19-20H,2-4,11-12H2,1H3/t19?,20-/m0/s1. The zero-order valence-corrected chi connectivity index (χ0v) is 16.0. The predicted octanol–water partition coefficient (Wildman–Crippen LogP) is 5.07. The molecular weight excluding hydrogens is 383 g/mol. The summed E-state index contributed by atoms with van der Waals surface area (Å²) in [5, 5.41) is 0. The molecule has 0 radical (unpaired) electrons. The largest absolute Gasteiger partial charge is 0.497 e. The molecule has 29 heavy (non-hydrogen) atoms. The van der Waals surface area contributed by atoms with Crippen LogP contribution in [-0.2, 0) is 11.2 Å². The minimum atomic E-state index is -4.82. The Hall–Kier alpha value is -2.70. The van der Waals surface area contributed by atoms with Crippen LogP contribution < -0.4 is 9.47 Å². The van der Waals surface area contributed by atoms with Gasteiger partial charge in [0.1, 0.15) is 17.2 Å². The Morgan fingerprint density at radius 1 is 1.03 bits per heavy atom. The van der Waals surface area contributed by atoms with Crippen molar-refractivity contribution in [1.82, 2.24) is 4.90 Å². The van der Waals surface area contributed by atoms with Gasteiger partial charge in [-0.1, -0.05) is 6.07 Å². The number of ether oxygens (including phenoxy) is 2. The van der Waals surface area contributed by atoms with Gasteiger partial charge < -0.3 is 14.4 Å². The molecule has 0 saturated carbocycles. The van der Waals surface area contributed by atoms with Crippen molar-refractivity contribution in [2.45, 2.75) is 43.8 Å². The van der Waals surface area contributed by atoms with Gasteiger partial charge in [0.2, 0.25) is 0 Å². The SMILES string of the molecule is COc1ccc(Oc2ccc3c(c2)CC[C@H]2C3CCCN2C(=O)C(F)(F)F)cc1. The molecule has 2 atom stereocenters. The summed E-state index contributed by atoms with van der Waals surface area (Å²) in [6, 6.07) is 12.6. The van der Waals surface area contributed by atoms with Gasteiger partial charge in [-0.3, -0.25) is 4.79 Å². The number of hydrogen-bond acceptors (Lipinski definition) is 3. The number of halogens is 3. The van der Waals surface area contributed by atoms with Crippen LogP contribution in [0.2, 0.25) is 0 Å². The number of nitrogens with zero attached hydrogens (tertiary/aromatic N) is 1. The zero-order chi connectivity index (χ0) is 20.6. The molecule has 1 unspecified atom stereocenters. The Bertz CT molecular complexity index is 895. The first kappa shape index (κ1) is 19.6. The fourth-order valence-corrected chi connectivity index (χ4v) is 4.50. The van der Waals surface area contributed by atoms with Crippen LogP contribution in [-0.4, -0.2) is 36.7 Å². The fourth-order valence-electron chi connectivity index (χ4n) is 4.50. The molecule has 1 aliphatic heterocycles. The smallest absolute Gasteiger partial charge is 0.471 e. The van der Waals surface area contributed by atoms with E-state index in [2.05, 4.69) is 0 Å². The lowest BCUT2D eigenvalue weighted by Gasteiger charge is -2.45. The van der Waals surface area contributed by atoms with Crippen molar-refractivity contribution in [3.8, 4) is 17.2 Å². The number of alkyl halides is 3. The van der Waals surface area contributed by atoms with Crippen LogP contribution in [0, 0.1) is 0 Å². The van der Waals surface area contributed by atoms with E-state index in [1.807, 2.05) is 42.5 Å². The summed E-state index contributed by atoms with van der Waals surface area (Å²) in [5.74, 6) is 0.332. The summed E-state index contributed by atoms with van der Waals surface area (Å²) < 4.78 is 50.0. The highest BCUT2D eigenvalue weighted by atomic mass is 19.4. The molecule has 4 nitrogen and oxygen atoms in total. The van der Waals surface area contributed by atoms with E-state index in [0.717, 1.165) is 28.2 Å². The molecule has 2 aromatic carbocycles. The minimum Gasteiger partial charge on any atom is -0.497 e. The summed E-state index contributed by atoms with van der Waals surface area (Å²) in [6.07, 6.45) is -2.30. The number of likely N-dealkylation sites (tertiary alicyclic amines) is 1. The lowest BCUT2D eigenvalue weighted by Crippen LogP contribution is -2.53. The second-order valence-corrected chi connectivity index (χ2v) is 7.49. The third-order valence-electron chi connectivity index (χ3n) is 5.80. The Labute approximate surface area is 167 Å². The molecule has 2 aromatic rings. The number of methoxy groups -OCH3 is 1. The second kappa shape index (κ2) is 7.61. The first-order chi connectivity index (χ1) is 13.9. The van der Waals surface area contributed by atoms with Crippen LogP contribution in [0.15, 0.2) is 42.5 Å². The van der Waals surface area contributed by atoms with E-state index in [9.17, 15) is 18.0 Å². The molecule has 1 saturated heterocycles. The summed E-state index contributed by atoms with van der Waals surface area (Å²) in [5.41, 5.74) is 2.11. The van der Waals surface area contributed by atoms with Gasteiger partial charge in [-0.25, -0.2) is 0 Å². The number of amides is 1. The third kappa shape index (κ3) is 3.91. The average molecular weight is 405 g/mol. The van der Waals surface area contributed by atoms with Crippen LogP contribution >= 0.6 is 0 Å². The molecule has 154 valence electrons. The van der Waals surface area contributed by atoms with E-state index in [4.69, 9.17) is 9.47 Å². The summed E-state index contributed by atoms with van der Waals surface area (Å²) >= 11 is 0. The van der Waals surface area contributed by atoms with E-state index in [-0.39, 0.29) is 12.5 Å². The molecule has 0 spiro atoms. The highest BCUT2D eigenvalue weighted by molar-refractivity contribution is 5.82. The van der Waals surface area contributed by atoms with Crippen LogP contribution in [0.25, 0.3) is 0 Å². The zero-order valence-electron chi connectivity index (χ0n) is 16.0. The highest BCUT2D eigenvalue weighted by Gasteiger charge is 2.48. The van der Waals surface area contributed by atoms with Gasteiger partial charge in [0, 0.05) is 18.5 Å². The molecule has 7 heteroatoms. The highest BCUT2D eigenvalue weighted by Crippen LogP contribution is 2.43.